The number of aromatic nitrogens is 1. The van der Waals surface area contributed by atoms with Crippen LogP contribution in [0.1, 0.15) is 55.5 Å². The monoisotopic (exact) mass is 606 g/mol. The van der Waals surface area contributed by atoms with Gasteiger partial charge in [-0.25, -0.2) is 0 Å². The SMILES string of the molecule is CC(=O)C1CCC(N=C(C)C(=CN)C(=O)N(CC(=O)c2c(Cl)cncc2Cl)Cc2ccccc2Br)CC1. The van der Waals surface area contributed by atoms with Crippen molar-refractivity contribution >= 4 is 62.3 Å². The molecule has 0 radical (unpaired) electrons. The lowest BCUT2D eigenvalue weighted by Crippen LogP contribution is -2.38. The highest BCUT2D eigenvalue weighted by Crippen LogP contribution is 2.28. The van der Waals surface area contributed by atoms with Crippen molar-refractivity contribution in [3.8, 4) is 0 Å². The molecular formula is C27H29BrCl2N4O3. The topological polar surface area (TPSA) is 106 Å². The van der Waals surface area contributed by atoms with Gasteiger partial charge in [0.25, 0.3) is 5.91 Å². The Labute approximate surface area is 235 Å². The molecule has 2 aromatic rings. The van der Waals surface area contributed by atoms with Crippen LogP contribution in [-0.2, 0) is 16.1 Å². The molecule has 196 valence electrons. The number of benzene rings is 1. The number of aliphatic imine (C=N–C) groups is 1. The minimum Gasteiger partial charge on any atom is -0.404 e. The third kappa shape index (κ3) is 7.49. The lowest BCUT2D eigenvalue weighted by molar-refractivity contribution is -0.126. The molecule has 1 fully saturated rings. The van der Waals surface area contributed by atoms with Crippen molar-refractivity contribution in [2.24, 2.45) is 16.6 Å². The van der Waals surface area contributed by atoms with E-state index in [4.69, 9.17) is 33.9 Å². The molecule has 1 saturated carbocycles. The van der Waals surface area contributed by atoms with Crippen molar-refractivity contribution in [1.29, 1.82) is 0 Å². The summed E-state index contributed by atoms with van der Waals surface area (Å²) in [6.45, 7) is 3.22. The molecule has 1 aromatic heterocycles. The van der Waals surface area contributed by atoms with Gasteiger partial charge in [0.15, 0.2) is 5.78 Å². The van der Waals surface area contributed by atoms with Crippen LogP contribution in [0.2, 0.25) is 10.0 Å². The van der Waals surface area contributed by atoms with E-state index in [0.29, 0.717) is 5.71 Å². The summed E-state index contributed by atoms with van der Waals surface area (Å²) in [5, 5.41) is 0.221. The summed E-state index contributed by atoms with van der Waals surface area (Å²) >= 11 is 15.9. The van der Waals surface area contributed by atoms with E-state index in [1.165, 1.54) is 23.5 Å². The van der Waals surface area contributed by atoms with Crippen LogP contribution < -0.4 is 5.73 Å². The average molecular weight is 608 g/mol. The maximum Gasteiger partial charge on any atom is 0.257 e. The number of pyridine rings is 1. The van der Waals surface area contributed by atoms with Crippen molar-refractivity contribution in [3.05, 3.63) is 74.1 Å². The number of carbonyl (C=O) groups is 3. The fraction of sp³-hybridized carbons (Fsp3) is 0.370. The Morgan fingerprint density at radius 1 is 1.11 bits per heavy atom. The quantitative estimate of drug-likeness (QED) is 0.220. The summed E-state index contributed by atoms with van der Waals surface area (Å²) in [7, 11) is 0. The maximum atomic E-state index is 13.8. The lowest BCUT2D eigenvalue weighted by atomic mass is 9.84. The predicted molar refractivity (Wildman–Crippen MR) is 150 cm³/mol. The molecule has 10 heteroatoms. The van der Waals surface area contributed by atoms with Gasteiger partial charge < -0.3 is 10.6 Å². The Bertz CT molecular complexity index is 1220. The normalized spacial score (nSPS) is 18.4. The minimum absolute atomic E-state index is 0.00568. The number of ketones is 2. The van der Waals surface area contributed by atoms with Crippen molar-refractivity contribution in [2.45, 2.75) is 52.1 Å². The van der Waals surface area contributed by atoms with Gasteiger partial charge >= 0.3 is 0 Å². The number of amides is 1. The molecule has 0 unspecified atom stereocenters. The standard InChI is InChI=1S/C27H29BrCl2N4O3/c1-16(33-20-9-7-18(8-10-20)17(2)35)21(11-31)27(37)34(14-19-5-3-4-6-22(19)28)15-25(36)26-23(29)12-32-13-24(26)30/h3-6,11-13,18,20H,7-10,14-15,31H2,1-2H3. The van der Waals surface area contributed by atoms with Crippen molar-refractivity contribution < 1.29 is 14.4 Å². The van der Waals surface area contributed by atoms with E-state index >= 15 is 0 Å². The van der Waals surface area contributed by atoms with Crippen LogP contribution in [0.25, 0.3) is 0 Å². The summed E-state index contributed by atoms with van der Waals surface area (Å²) in [5.74, 6) is -0.577. The predicted octanol–water partition coefficient (Wildman–Crippen LogP) is 5.81. The Morgan fingerprint density at radius 3 is 2.30 bits per heavy atom. The van der Waals surface area contributed by atoms with Gasteiger partial charge in [-0.05, 0) is 51.2 Å². The molecule has 0 bridgehead atoms. The molecule has 2 N–H and O–H groups in total. The second-order valence-corrected chi connectivity index (χ2v) is 10.7. The Morgan fingerprint density at radius 2 is 1.73 bits per heavy atom. The Balaban J connectivity index is 1.87. The highest BCUT2D eigenvalue weighted by atomic mass is 79.9. The van der Waals surface area contributed by atoms with Gasteiger partial charge in [0.05, 0.1) is 33.8 Å². The molecule has 1 amide bonds. The summed E-state index contributed by atoms with van der Waals surface area (Å²) in [4.78, 5) is 48.8. The van der Waals surface area contributed by atoms with E-state index in [0.717, 1.165) is 35.7 Å². The summed E-state index contributed by atoms with van der Waals surface area (Å²) in [5.41, 5.74) is 7.53. The smallest absolute Gasteiger partial charge is 0.257 e. The second kappa shape index (κ2) is 13.3. The second-order valence-electron chi connectivity index (χ2n) is 9.06. The number of rotatable bonds is 9. The zero-order chi connectivity index (χ0) is 27.1. The number of nitrogens with two attached hydrogens (primary N) is 1. The van der Waals surface area contributed by atoms with Gasteiger partial charge in [-0.15, -0.1) is 0 Å². The number of halogens is 3. The first-order valence-corrected chi connectivity index (χ1v) is 13.5. The van der Waals surface area contributed by atoms with Crippen LogP contribution in [-0.4, -0.2) is 45.7 Å². The fourth-order valence-corrected chi connectivity index (χ4v) is 5.42. The third-order valence-corrected chi connectivity index (χ3v) is 7.85. The van der Waals surface area contributed by atoms with Gasteiger partial charge in [-0.1, -0.05) is 57.3 Å². The number of hydrogen-bond donors (Lipinski definition) is 1. The third-order valence-electron chi connectivity index (χ3n) is 6.51. The van der Waals surface area contributed by atoms with Gasteiger partial charge in [0.1, 0.15) is 5.78 Å². The van der Waals surface area contributed by atoms with Crippen LogP contribution in [0.15, 0.2) is 57.9 Å². The Kier molecular flexibility index (Phi) is 10.4. The molecule has 7 nitrogen and oxygen atoms in total. The van der Waals surface area contributed by atoms with E-state index in [-0.39, 0.29) is 52.0 Å². The zero-order valence-electron chi connectivity index (χ0n) is 20.7. The van der Waals surface area contributed by atoms with Gasteiger partial charge in [-0.3, -0.25) is 24.4 Å². The number of hydrogen-bond acceptors (Lipinski definition) is 6. The lowest BCUT2D eigenvalue weighted by Gasteiger charge is -2.26. The van der Waals surface area contributed by atoms with Crippen molar-refractivity contribution in [2.75, 3.05) is 6.54 Å². The molecule has 1 heterocycles. The highest BCUT2D eigenvalue weighted by molar-refractivity contribution is 9.10. The van der Waals surface area contributed by atoms with E-state index < -0.39 is 11.7 Å². The molecule has 0 aliphatic heterocycles. The molecule has 37 heavy (non-hydrogen) atoms. The first-order chi connectivity index (χ1) is 17.6. The number of Topliss-reactive ketones (excluding diaryl/α,β-unsaturated/α-hetero) is 2. The molecular weight excluding hydrogens is 579 g/mol. The minimum atomic E-state index is -0.438. The van der Waals surface area contributed by atoms with E-state index in [1.807, 2.05) is 24.3 Å². The van der Waals surface area contributed by atoms with E-state index in [9.17, 15) is 14.4 Å². The van der Waals surface area contributed by atoms with Crippen LogP contribution in [0, 0.1) is 5.92 Å². The van der Waals surface area contributed by atoms with Crippen molar-refractivity contribution in [3.63, 3.8) is 0 Å². The molecule has 1 aliphatic carbocycles. The number of carbonyl (C=O) groups excluding carboxylic acids is 3. The van der Waals surface area contributed by atoms with Crippen molar-refractivity contribution in [1.82, 2.24) is 9.88 Å². The molecule has 0 spiro atoms. The van der Waals surface area contributed by atoms with E-state index in [2.05, 4.69) is 20.9 Å². The summed E-state index contributed by atoms with van der Waals surface area (Å²) < 4.78 is 0.797. The molecule has 1 aliphatic rings. The molecule has 1 aromatic carbocycles. The Hall–Kier alpha value is -2.55. The fourth-order valence-electron chi connectivity index (χ4n) is 4.43. The first kappa shape index (κ1) is 29.0. The number of nitrogens with zero attached hydrogens (tertiary/aromatic N) is 3. The first-order valence-electron chi connectivity index (χ1n) is 11.9. The van der Waals surface area contributed by atoms with Crippen LogP contribution in [0.4, 0.5) is 0 Å². The van der Waals surface area contributed by atoms with Gasteiger partial charge in [-0.2, -0.15) is 0 Å². The van der Waals surface area contributed by atoms with Crippen LogP contribution in [0.5, 0.6) is 0 Å². The van der Waals surface area contributed by atoms with Gasteiger partial charge in [0, 0.05) is 41.2 Å². The molecule has 0 saturated heterocycles. The zero-order valence-corrected chi connectivity index (χ0v) is 23.8. The summed E-state index contributed by atoms with van der Waals surface area (Å²) in [6, 6.07) is 7.45. The van der Waals surface area contributed by atoms with Crippen LogP contribution in [0.3, 0.4) is 0 Å². The average Bonchev–Trinajstić information content (AvgIpc) is 2.85. The maximum absolute atomic E-state index is 13.8. The summed E-state index contributed by atoms with van der Waals surface area (Å²) in [6.07, 6.45) is 7.00. The highest BCUT2D eigenvalue weighted by Gasteiger charge is 2.28. The van der Waals surface area contributed by atoms with E-state index in [1.54, 1.807) is 13.8 Å². The molecule has 3 rings (SSSR count). The molecule has 0 atom stereocenters. The van der Waals surface area contributed by atoms with Gasteiger partial charge in [0.2, 0.25) is 0 Å². The largest absolute Gasteiger partial charge is 0.404 e. The van der Waals surface area contributed by atoms with Crippen LogP contribution >= 0.6 is 39.1 Å².